The van der Waals surface area contributed by atoms with E-state index in [9.17, 15) is 4.79 Å². The number of ether oxygens (including phenoxy) is 1. The number of nitrogens with zero attached hydrogens (tertiary/aromatic N) is 3. The summed E-state index contributed by atoms with van der Waals surface area (Å²) in [5, 5.41) is 3.85. The van der Waals surface area contributed by atoms with Crippen LogP contribution in [-0.4, -0.2) is 42.1 Å². The van der Waals surface area contributed by atoms with Crippen LogP contribution in [0.1, 0.15) is 35.8 Å². The molecule has 31 heavy (non-hydrogen) atoms. The summed E-state index contributed by atoms with van der Waals surface area (Å²) in [4.78, 5) is 24.1. The Bertz CT molecular complexity index is 1120. The standard InChI is InChI=1S/C23H28N6O2/c1-3-14-6-7-15-10-17(25)22(27-18(15)9-14)23(30)28-19-12-26-21(31-2)11-20(19)29-8-4-5-16(24)13-29/h6-7,9-12,16H,3-5,8,13,24-25H2,1-2H3,(H,28,30). The number of benzene rings is 1. The van der Waals surface area contributed by atoms with Crippen molar-refractivity contribution in [1.29, 1.82) is 0 Å². The van der Waals surface area contributed by atoms with Gasteiger partial charge in [0.2, 0.25) is 5.88 Å². The Kier molecular flexibility index (Phi) is 5.90. The highest BCUT2D eigenvalue weighted by Gasteiger charge is 2.22. The molecular formula is C23H28N6O2. The largest absolute Gasteiger partial charge is 0.481 e. The summed E-state index contributed by atoms with van der Waals surface area (Å²) >= 11 is 0. The maximum Gasteiger partial charge on any atom is 0.276 e. The molecule has 1 fully saturated rings. The maximum atomic E-state index is 13.1. The molecule has 1 aliphatic heterocycles. The van der Waals surface area contributed by atoms with Gasteiger partial charge in [0.15, 0.2) is 5.69 Å². The van der Waals surface area contributed by atoms with Gasteiger partial charge >= 0.3 is 0 Å². The number of nitrogen functional groups attached to an aromatic ring is 1. The smallest absolute Gasteiger partial charge is 0.276 e. The summed E-state index contributed by atoms with van der Waals surface area (Å²) in [5.41, 5.74) is 16.2. The van der Waals surface area contributed by atoms with Crippen LogP contribution in [0.4, 0.5) is 17.1 Å². The quantitative estimate of drug-likeness (QED) is 0.580. The van der Waals surface area contributed by atoms with E-state index < -0.39 is 0 Å². The number of anilines is 3. The molecule has 1 atom stereocenters. The Balaban J connectivity index is 1.67. The average molecular weight is 421 g/mol. The molecule has 0 spiro atoms. The second-order valence-corrected chi connectivity index (χ2v) is 7.85. The Hall–Kier alpha value is -3.39. The minimum absolute atomic E-state index is 0.0852. The van der Waals surface area contributed by atoms with Crippen LogP contribution in [0.5, 0.6) is 5.88 Å². The number of rotatable bonds is 5. The third-order valence-electron chi connectivity index (χ3n) is 5.65. The van der Waals surface area contributed by atoms with Gasteiger partial charge in [0, 0.05) is 30.6 Å². The predicted octanol–water partition coefficient (Wildman–Crippen LogP) is 2.96. The minimum Gasteiger partial charge on any atom is -0.481 e. The summed E-state index contributed by atoms with van der Waals surface area (Å²) in [5.74, 6) is 0.0957. The molecule has 0 saturated carbocycles. The van der Waals surface area contributed by atoms with Gasteiger partial charge in [0.25, 0.3) is 5.91 Å². The summed E-state index contributed by atoms with van der Waals surface area (Å²) in [6.07, 6.45) is 4.46. The summed E-state index contributed by atoms with van der Waals surface area (Å²) in [6.45, 7) is 3.63. The van der Waals surface area contributed by atoms with Crippen LogP contribution in [0, 0.1) is 0 Å². The zero-order valence-corrected chi connectivity index (χ0v) is 17.9. The van der Waals surface area contributed by atoms with Crippen molar-refractivity contribution in [2.45, 2.75) is 32.2 Å². The summed E-state index contributed by atoms with van der Waals surface area (Å²) in [6, 6.07) is 9.70. The van der Waals surface area contributed by atoms with Crippen molar-refractivity contribution in [3.63, 3.8) is 0 Å². The predicted molar refractivity (Wildman–Crippen MR) is 124 cm³/mol. The number of aromatic nitrogens is 2. The lowest BCUT2D eigenvalue weighted by Gasteiger charge is -2.33. The van der Waals surface area contributed by atoms with E-state index in [0.717, 1.165) is 48.0 Å². The molecule has 0 radical (unpaired) electrons. The van der Waals surface area contributed by atoms with Crippen molar-refractivity contribution in [1.82, 2.24) is 9.97 Å². The molecule has 1 unspecified atom stereocenters. The lowest BCUT2D eigenvalue weighted by Crippen LogP contribution is -2.43. The highest BCUT2D eigenvalue weighted by Crippen LogP contribution is 2.31. The summed E-state index contributed by atoms with van der Waals surface area (Å²) < 4.78 is 5.29. The molecule has 3 heterocycles. The lowest BCUT2D eigenvalue weighted by atomic mass is 10.1. The van der Waals surface area contributed by atoms with Gasteiger partial charge in [-0.15, -0.1) is 0 Å². The van der Waals surface area contributed by atoms with Crippen molar-refractivity contribution >= 4 is 33.9 Å². The topological polar surface area (TPSA) is 119 Å². The molecule has 0 aliphatic carbocycles. The van der Waals surface area contributed by atoms with Crippen LogP contribution >= 0.6 is 0 Å². The number of piperidine rings is 1. The number of fused-ring (bicyclic) bond motifs is 1. The van der Waals surface area contributed by atoms with Crippen molar-refractivity contribution in [2.75, 3.05) is 36.1 Å². The fraction of sp³-hybridized carbons (Fsp3) is 0.348. The van der Waals surface area contributed by atoms with Crippen LogP contribution in [0.3, 0.4) is 0 Å². The normalized spacial score (nSPS) is 16.4. The van der Waals surface area contributed by atoms with E-state index >= 15 is 0 Å². The van der Waals surface area contributed by atoms with Crippen molar-refractivity contribution in [2.24, 2.45) is 5.73 Å². The average Bonchev–Trinajstić information content (AvgIpc) is 2.78. The van der Waals surface area contributed by atoms with E-state index in [0.29, 0.717) is 23.8 Å². The number of nitrogens with two attached hydrogens (primary N) is 2. The zero-order chi connectivity index (χ0) is 22.0. The number of hydrogen-bond acceptors (Lipinski definition) is 7. The number of amides is 1. The van der Waals surface area contributed by atoms with Gasteiger partial charge in [0.05, 0.1) is 35.9 Å². The third-order valence-corrected chi connectivity index (χ3v) is 5.65. The number of hydrogen-bond donors (Lipinski definition) is 3. The minimum atomic E-state index is -0.379. The fourth-order valence-corrected chi connectivity index (χ4v) is 3.94. The van der Waals surface area contributed by atoms with Gasteiger partial charge < -0.3 is 26.4 Å². The van der Waals surface area contributed by atoms with E-state index in [2.05, 4.69) is 27.1 Å². The van der Waals surface area contributed by atoms with Gasteiger partial charge in [0.1, 0.15) is 0 Å². The van der Waals surface area contributed by atoms with Crippen molar-refractivity contribution in [3.05, 3.63) is 47.8 Å². The van der Waals surface area contributed by atoms with Gasteiger partial charge in [-0.1, -0.05) is 19.1 Å². The number of carbonyl (C=O) groups is 1. The van der Waals surface area contributed by atoms with Crippen LogP contribution < -0.4 is 26.4 Å². The molecule has 0 bridgehead atoms. The Morgan fingerprint density at radius 1 is 1.32 bits per heavy atom. The molecule has 162 valence electrons. The van der Waals surface area contributed by atoms with Crippen LogP contribution in [0.2, 0.25) is 0 Å². The zero-order valence-electron chi connectivity index (χ0n) is 17.9. The number of carbonyl (C=O) groups excluding carboxylic acids is 1. The Labute approximate surface area is 181 Å². The van der Waals surface area contributed by atoms with Gasteiger partial charge in [-0.2, -0.15) is 0 Å². The third kappa shape index (κ3) is 4.39. The Morgan fingerprint density at radius 3 is 2.90 bits per heavy atom. The number of pyridine rings is 2. The molecule has 5 N–H and O–H groups in total. The second kappa shape index (κ2) is 8.77. The first-order valence-corrected chi connectivity index (χ1v) is 10.5. The van der Waals surface area contributed by atoms with E-state index in [-0.39, 0.29) is 17.6 Å². The molecule has 1 aliphatic rings. The molecule has 1 saturated heterocycles. The molecule has 8 heteroatoms. The van der Waals surface area contributed by atoms with E-state index in [1.807, 2.05) is 24.3 Å². The molecule has 3 aromatic rings. The first kappa shape index (κ1) is 20.9. The van der Waals surface area contributed by atoms with E-state index in [1.54, 1.807) is 19.4 Å². The van der Waals surface area contributed by atoms with Crippen molar-refractivity contribution in [3.8, 4) is 5.88 Å². The first-order valence-electron chi connectivity index (χ1n) is 10.5. The number of methoxy groups -OCH3 is 1. The number of aryl methyl sites for hydroxylation is 1. The highest BCUT2D eigenvalue weighted by molar-refractivity contribution is 6.09. The lowest BCUT2D eigenvalue weighted by molar-refractivity contribution is 0.102. The highest BCUT2D eigenvalue weighted by atomic mass is 16.5. The SMILES string of the molecule is CCc1ccc2cc(N)c(C(=O)Nc3cnc(OC)cc3N3CCCC(N)C3)nc2c1. The number of nitrogens with one attached hydrogen (secondary N) is 1. The molecule has 2 aromatic heterocycles. The molecule has 8 nitrogen and oxygen atoms in total. The monoisotopic (exact) mass is 420 g/mol. The first-order chi connectivity index (χ1) is 15.0. The molecule has 1 aromatic carbocycles. The van der Waals surface area contributed by atoms with Crippen LogP contribution in [-0.2, 0) is 6.42 Å². The second-order valence-electron chi connectivity index (χ2n) is 7.85. The van der Waals surface area contributed by atoms with Crippen LogP contribution in [0.25, 0.3) is 10.9 Å². The molecule has 1 amide bonds. The molecular weight excluding hydrogens is 392 g/mol. The molecule has 4 rings (SSSR count). The van der Waals surface area contributed by atoms with Crippen molar-refractivity contribution < 1.29 is 9.53 Å². The Morgan fingerprint density at radius 2 is 2.16 bits per heavy atom. The van der Waals surface area contributed by atoms with Gasteiger partial charge in [-0.25, -0.2) is 9.97 Å². The van der Waals surface area contributed by atoms with E-state index in [4.69, 9.17) is 16.2 Å². The van der Waals surface area contributed by atoms with Gasteiger partial charge in [-0.05, 0) is 37.0 Å². The van der Waals surface area contributed by atoms with E-state index in [1.165, 1.54) is 0 Å². The maximum absolute atomic E-state index is 13.1. The van der Waals surface area contributed by atoms with Gasteiger partial charge in [-0.3, -0.25) is 4.79 Å². The summed E-state index contributed by atoms with van der Waals surface area (Å²) in [7, 11) is 1.57. The van der Waals surface area contributed by atoms with Crippen LogP contribution in [0.15, 0.2) is 36.5 Å². The fourth-order valence-electron chi connectivity index (χ4n) is 3.94.